The number of rotatable bonds is 5. The quantitative estimate of drug-likeness (QED) is 0.716. The van der Waals surface area contributed by atoms with E-state index < -0.39 is 28.0 Å². The fraction of sp³-hybridized carbons (Fsp3) is 0.765. The Hall–Kier alpha value is -1.59. The molecule has 28 heavy (non-hydrogen) atoms. The van der Waals surface area contributed by atoms with Gasteiger partial charge in [0.05, 0.1) is 18.4 Å². The monoisotopic (exact) mass is 420 g/mol. The van der Waals surface area contributed by atoms with Gasteiger partial charge < -0.3 is 9.64 Å². The van der Waals surface area contributed by atoms with E-state index in [1.54, 1.807) is 12.0 Å². The lowest BCUT2D eigenvalue weighted by Gasteiger charge is -2.39. The van der Waals surface area contributed by atoms with Gasteiger partial charge in [-0.2, -0.15) is 9.40 Å². The highest BCUT2D eigenvalue weighted by atomic mass is 32.2. The van der Waals surface area contributed by atoms with E-state index in [1.807, 2.05) is 0 Å². The zero-order chi connectivity index (χ0) is 20.7. The van der Waals surface area contributed by atoms with Gasteiger partial charge in [0, 0.05) is 46.0 Å². The average Bonchev–Trinajstić information content (AvgIpc) is 3.17. The van der Waals surface area contributed by atoms with Gasteiger partial charge in [0.1, 0.15) is 5.69 Å². The Morgan fingerprint density at radius 1 is 1.39 bits per heavy atom. The Morgan fingerprint density at radius 2 is 2.04 bits per heavy atom. The number of alkyl halides is 2. The number of halogens is 2. The molecule has 0 unspecified atom stereocenters. The van der Waals surface area contributed by atoms with E-state index in [2.05, 4.69) is 5.10 Å². The second kappa shape index (κ2) is 7.68. The number of hydrogen-bond donors (Lipinski definition) is 0. The SMILES string of the molecule is COC[C@@H]1CC2(CCN(C(=O)c3cn(C)nc3C(F)F)CC2)CN1S(C)(=O)=O. The zero-order valence-corrected chi connectivity index (χ0v) is 17.1. The minimum absolute atomic E-state index is 0.0742. The number of carbonyl (C=O) groups excluding carboxylic acids is 1. The molecule has 0 radical (unpaired) electrons. The first kappa shape index (κ1) is 21.1. The summed E-state index contributed by atoms with van der Waals surface area (Å²) in [6.07, 6.45) is 1.62. The van der Waals surface area contributed by atoms with Crippen molar-refractivity contribution in [1.82, 2.24) is 19.0 Å². The minimum Gasteiger partial charge on any atom is -0.383 e. The number of aryl methyl sites for hydroxylation is 1. The summed E-state index contributed by atoms with van der Waals surface area (Å²) < 4.78 is 58.5. The molecule has 1 spiro atoms. The summed E-state index contributed by atoms with van der Waals surface area (Å²) in [5.74, 6) is -0.454. The van der Waals surface area contributed by atoms with Crippen LogP contribution in [0.5, 0.6) is 0 Å². The van der Waals surface area contributed by atoms with Crippen LogP contribution in [0.3, 0.4) is 0 Å². The fourth-order valence-electron chi connectivity index (χ4n) is 4.40. The van der Waals surface area contributed by atoms with Gasteiger partial charge in [-0.3, -0.25) is 9.48 Å². The van der Waals surface area contributed by atoms with Crippen molar-refractivity contribution >= 4 is 15.9 Å². The molecule has 0 aromatic carbocycles. The Labute approximate surface area is 163 Å². The molecule has 1 atom stereocenters. The number of sulfonamides is 1. The first-order valence-corrected chi connectivity index (χ1v) is 11.0. The molecule has 2 saturated heterocycles. The van der Waals surface area contributed by atoms with E-state index >= 15 is 0 Å². The van der Waals surface area contributed by atoms with E-state index in [9.17, 15) is 22.0 Å². The minimum atomic E-state index is -3.36. The summed E-state index contributed by atoms with van der Waals surface area (Å²) in [6.45, 7) is 1.52. The molecule has 8 nitrogen and oxygen atoms in total. The van der Waals surface area contributed by atoms with Crippen molar-refractivity contribution in [2.75, 3.05) is 39.6 Å². The summed E-state index contributed by atoms with van der Waals surface area (Å²) in [4.78, 5) is 14.3. The Kier molecular flexibility index (Phi) is 5.79. The van der Waals surface area contributed by atoms with E-state index in [4.69, 9.17) is 4.74 Å². The summed E-state index contributed by atoms with van der Waals surface area (Å²) >= 11 is 0. The molecule has 2 fully saturated rings. The van der Waals surface area contributed by atoms with E-state index in [1.165, 1.54) is 28.5 Å². The molecule has 3 heterocycles. The first-order valence-electron chi connectivity index (χ1n) is 9.13. The number of nitrogens with zero attached hydrogens (tertiary/aromatic N) is 4. The molecule has 0 bridgehead atoms. The number of amides is 1. The molecular formula is C17H26F2N4O4S. The highest BCUT2D eigenvalue weighted by molar-refractivity contribution is 7.88. The van der Waals surface area contributed by atoms with Gasteiger partial charge in [0.15, 0.2) is 0 Å². The topological polar surface area (TPSA) is 84.7 Å². The van der Waals surface area contributed by atoms with Crippen LogP contribution in [0.4, 0.5) is 8.78 Å². The van der Waals surface area contributed by atoms with Crippen molar-refractivity contribution in [2.45, 2.75) is 31.7 Å². The maximum Gasteiger partial charge on any atom is 0.282 e. The number of aromatic nitrogens is 2. The van der Waals surface area contributed by atoms with Crippen LogP contribution in [0.1, 0.15) is 41.7 Å². The summed E-state index contributed by atoms with van der Waals surface area (Å²) in [5, 5.41) is 3.70. The molecule has 1 aromatic heterocycles. The third kappa shape index (κ3) is 4.06. The molecule has 2 aliphatic heterocycles. The third-order valence-electron chi connectivity index (χ3n) is 5.76. The Balaban J connectivity index is 1.71. The lowest BCUT2D eigenvalue weighted by molar-refractivity contribution is 0.0585. The number of methoxy groups -OCH3 is 1. The van der Waals surface area contributed by atoms with Crippen LogP contribution in [0.2, 0.25) is 0 Å². The second-order valence-electron chi connectivity index (χ2n) is 7.82. The smallest absolute Gasteiger partial charge is 0.282 e. The lowest BCUT2D eigenvalue weighted by Crippen LogP contribution is -2.44. The van der Waals surface area contributed by atoms with Crippen molar-refractivity contribution < 1.29 is 26.7 Å². The van der Waals surface area contributed by atoms with E-state index in [-0.39, 0.29) is 17.0 Å². The van der Waals surface area contributed by atoms with Gasteiger partial charge in [-0.15, -0.1) is 0 Å². The highest BCUT2D eigenvalue weighted by Crippen LogP contribution is 2.44. The summed E-state index contributed by atoms with van der Waals surface area (Å²) in [5.41, 5.74) is -0.796. The highest BCUT2D eigenvalue weighted by Gasteiger charge is 2.49. The maximum absolute atomic E-state index is 13.2. The van der Waals surface area contributed by atoms with Crippen molar-refractivity contribution in [1.29, 1.82) is 0 Å². The van der Waals surface area contributed by atoms with Crippen molar-refractivity contribution in [3.8, 4) is 0 Å². The largest absolute Gasteiger partial charge is 0.383 e. The maximum atomic E-state index is 13.2. The molecule has 3 rings (SSSR count). The molecule has 2 aliphatic rings. The van der Waals surface area contributed by atoms with Gasteiger partial charge in [-0.05, 0) is 24.7 Å². The summed E-state index contributed by atoms with van der Waals surface area (Å²) in [7, 11) is -0.311. The Morgan fingerprint density at radius 3 is 2.57 bits per heavy atom. The zero-order valence-electron chi connectivity index (χ0n) is 16.3. The number of likely N-dealkylation sites (tertiary alicyclic amines) is 1. The molecule has 0 N–H and O–H groups in total. The molecule has 158 valence electrons. The van der Waals surface area contributed by atoms with E-state index in [0.717, 1.165) is 0 Å². The van der Waals surface area contributed by atoms with Crippen LogP contribution < -0.4 is 0 Å². The van der Waals surface area contributed by atoms with E-state index in [0.29, 0.717) is 45.5 Å². The second-order valence-corrected chi connectivity index (χ2v) is 9.75. The molecule has 0 saturated carbocycles. The van der Waals surface area contributed by atoms with Gasteiger partial charge in [-0.1, -0.05) is 0 Å². The average molecular weight is 420 g/mol. The lowest BCUT2D eigenvalue weighted by atomic mass is 9.76. The van der Waals surface area contributed by atoms with Crippen LogP contribution in [-0.4, -0.2) is 79.0 Å². The number of hydrogen-bond acceptors (Lipinski definition) is 5. The van der Waals surface area contributed by atoms with Gasteiger partial charge in [-0.25, -0.2) is 17.2 Å². The molecule has 11 heteroatoms. The van der Waals surface area contributed by atoms with Gasteiger partial charge in [0.25, 0.3) is 12.3 Å². The molecule has 1 amide bonds. The summed E-state index contributed by atoms with van der Waals surface area (Å²) in [6, 6.07) is -0.217. The number of piperidine rings is 1. The van der Waals surface area contributed by atoms with Crippen LogP contribution >= 0.6 is 0 Å². The first-order chi connectivity index (χ1) is 13.1. The predicted octanol–water partition coefficient (Wildman–Crippen LogP) is 1.26. The number of ether oxygens (including phenoxy) is 1. The molecular weight excluding hydrogens is 394 g/mol. The third-order valence-corrected chi connectivity index (χ3v) is 7.04. The number of carbonyl (C=O) groups is 1. The van der Waals surface area contributed by atoms with Crippen LogP contribution in [0.15, 0.2) is 6.20 Å². The van der Waals surface area contributed by atoms with Crippen molar-refractivity contribution in [2.24, 2.45) is 12.5 Å². The van der Waals surface area contributed by atoms with Crippen molar-refractivity contribution in [3.05, 3.63) is 17.5 Å². The van der Waals surface area contributed by atoms with Crippen molar-refractivity contribution in [3.63, 3.8) is 0 Å². The standard InChI is InChI=1S/C17H26F2N4O4S/c1-21-9-13(14(20-21)15(18)19)16(24)22-6-4-17(5-7-22)8-12(10-27-2)23(11-17)28(3,25)26/h9,12,15H,4-8,10-11H2,1-3H3/t12-/m0/s1. The van der Waals surface area contributed by atoms with Crippen LogP contribution in [-0.2, 0) is 21.8 Å². The van der Waals surface area contributed by atoms with Gasteiger partial charge >= 0.3 is 0 Å². The molecule has 1 aromatic rings. The van der Waals surface area contributed by atoms with Gasteiger partial charge in [0.2, 0.25) is 10.0 Å². The Bertz CT molecular complexity index is 834. The molecule has 0 aliphatic carbocycles. The predicted molar refractivity (Wildman–Crippen MR) is 97.6 cm³/mol. The fourth-order valence-corrected chi connectivity index (χ4v) is 5.58. The van der Waals surface area contributed by atoms with Crippen LogP contribution in [0, 0.1) is 5.41 Å². The normalized spacial score (nSPS) is 23.1. The van der Waals surface area contributed by atoms with Crippen LogP contribution in [0.25, 0.3) is 0 Å².